The van der Waals surface area contributed by atoms with Crippen molar-refractivity contribution in [2.75, 3.05) is 19.6 Å². The van der Waals surface area contributed by atoms with Gasteiger partial charge in [0, 0.05) is 49.7 Å². The summed E-state index contributed by atoms with van der Waals surface area (Å²) < 4.78 is 0. The summed E-state index contributed by atoms with van der Waals surface area (Å²) in [6.07, 6.45) is 3.59. The fourth-order valence-corrected chi connectivity index (χ4v) is 3.40. The zero-order valence-electron chi connectivity index (χ0n) is 16.8. The first kappa shape index (κ1) is 20.0. The minimum absolute atomic E-state index is 0.101. The van der Waals surface area contributed by atoms with Gasteiger partial charge in [-0.3, -0.25) is 19.5 Å². The standard InChI is InChI=1S/C22H28N4O2/c1-22(2,3)24-20(27)19-16-25(15-17-8-7-11-23-14-17)12-13-26(19)21(28)18-9-5-4-6-10-18/h4-11,14,19H,12-13,15-16H2,1-3H3,(H,24,27). The van der Waals surface area contributed by atoms with Crippen LogP contribution in [0.15, 0.2) is 54.9 Å². The van der Waals surface area contributed by atoms with Gasteiger partial charge in [0.25, 0.3) is 5.91 Å². The molecule has 6 nitrogen and oxygen atoms in total. The normalized spacial score (nSPS) is 18.0. The first-order valence-electron chi connectivity index (χ1n) is 9.63. The summed E-state index contributed by atoms with van der Waals surface area (Å²) in [5.41, 5.74) is 1.35. The Morgan fingerprint density at radius 1 is 1.11 bits per heavy atom. The van der Waals surface area contributed by atoms with Gasteiger partial charge >= 0.3 is 0 Å². The molecule has 28 heavy (non-hydrogen) atoms. The van der Waals surface area contributed by atoms with Gasteiger partial charge in [-0.15, -0.1) is 0 Å². The highest BCUT2D eigenvalue weighted by atomic mass is 16.2. The molecule has 148 valence electrons. The van der Waals surface area contributed by atoms with Gasteiger partial charge in [-0.2, -0.15) is 0 Å². The highest BCUT2D eigenvalue weighted by Crippen LogP contribution is 2.17. The van der Waals surface area contributed by atoms with Crippen molar-refractivity contribution in [1.29, 1.82) is 0 Å². The number of benzene rings is 1. The molecule has 0 aliphatic carbocycles. The van der Waals surface area contributed by atoms with Crippen LogP contribution in [0.5, 0.6) is 0 Å². The van der Waals surface area contributed by atoms with Gasteiger partial charge < -0.3 is 10.2 Å². The van der Waals surface area contributed by atoms with Crippen LogP contribution in [-0.4, -0.2) is 57.8 Å². The SMILES string of the molecule is CC(C)(C)NC(=O)C1CN(Cc2cccnc2)CCN1C(=O)c1ccccc1. The van der Waals surface area contributed by atoms with Crippen LogP contribution >= 0.6 is 0 Å². The number of aromatic nitrogens is 1. The predicted octanol–water partition coefficient (Wildman–Crippen LogP) is 2.32. The summed E-state index contributed by atoms with van der Waals surface area (Å²) in [6, 6.07) is 12.6. The molecule has 1 unspecified atom stereocenters. The average Bonchev–Trinajstić information content (AvgIpc) is 2.67. The summed E-state index contributed by atoms with van der Waals surface area (Å²) in [7, 11) is 0. The molecule has 1 atom stereocenters. The van der Waals surface area contributed by atoms with Gasteiger partial charge in [-0.1, -0.05) is 24.3 Å². The molecule has 1 saturated heterocycles. The van der Waals surface area contributed by atoms with E-state index < -0.39 is 6.04 Å². The lowest BCUT2D eigenvalue weighted by Gasteiger charge is -2.41. The van der Waals surface area contributed by atoms with Gasteiger partial charge in [0.2, 0.25) is 5.91 Å². The lowest BCUT2D eigenvalue weighted by molar-refractivity contribution is -0.129. The maximum Gasteiger partial charge on any atom is 0.254 e. The van der Waals surface area contributed by atoms with E-state index in [1.807, 2.05) is 57.3 Å². The van der Waals surface area contributed by atoms with Crippen molar-refractivity contribution in [1.82, 2.24) is 20.1 Å². The van der Waals surface area contributed by atoms with E-state index in [1.165, 1.54) is 0 Å². The number of carbonyl (C=O) groups excluding carboxylic acids is 2. The second-order valence-electron chi connectivity index (χ2n) is 8.22. The van der Waals surface area contributed by atoms with Gasteiger partial charge in [-0.05, 0) is 44.5 Å². The largest absolute Gasteiger partial charge is 0.350 e. The van der Waals surface area contributed by atoms with E-state index in [2.05, 4.69) is 15.2 Å². The first-order chi connectivity index (χ1) is 13.3. The van der Waals surface area contributed by atoms with Gasteiger partial charge in [0.1, 0.15) is 6.04 Å². The number of carbonyl (C=O) groups is 2. The molecule has 1 aromatic heterocycles. The molecular formula is C22H28N4O2. The molecule has 1 aliphatic heterocycles. The van der Waals surface area contributed by atoms with Crippen molar-refractivity contribution >= 4 is 11.8 Å². The zero-order chi connectivity index (χ0) is 20.1. The minimum atomic E-state index is -0.530. The number of piperazine rings is 1. The molecule has 1 N–H and O–H groups in total. The number of rotatable bonds is 4. The second-order valence-corrected chi connectivity index (χ2v) is 8.22. The van der Waals surface area contributed by atoms with Gasteiger partial charge in [0.05, 0.1) is 0 Å². The Kier molecular flexibility index (Phi) is 6.09. The molecule has 6 heteroatoms. The predicted molar refractivity (Wildman–Crippen MR) is 109 cm³/mol. The number of amides is 2. The van der Waals surface area contributed by atoms with Crippen LogP contribution in [-0.2, 0) is 11.3 Å². The molecule has 2 amide bonds. The van der Waals surface area contributed by atoms with Gasteiger partial charge in [-0.25, -0.2) is 0 Å². The van der Waals surface area contributed by atoms with E-state index in [-0.39, 0.29) is 17.4 Å². The molecule has 1 aromatic carbocycles. The third-order valence-corrected chi connectivity index (χ3v) is 4.68. The van der Waals surface area contributed by atoms with Crippen molar-refractivity contribution < 1.29 is 9.59 Å². The molecule has 2 heterocycles. The van der Waals surface area contributed by atoms with E-state index in [0.29, 0.717) is 31.7 Å². The van der Waals surface area contributed by atoms with E-state index in [1.54, 1.807) is 23.2 Å². The monoisotopic (exact) mass is 380 g/mol. The lowest BCUT2D eigenvalue weighted by Crippen LogP contribution is -2.62. The third-order valence-electron chi connectivity index (χ3n) is 4.68. The molecule has 2 aromatic rings. The Morgan fingerprint density at radius 3 is 2.50 bits per heavy atom. The number of hydrogen-bond acceptors (Lipinski definition) is 4. The Morgan fingerprint density at radius 2 is 1.86 bits per heavy atom. The molecule has 0 saturated carbocycles. The second kappa shape index (κ2) is 8.52. The van der Waals surface area contributed by atoms with Crippen LogP contribution < -0.4 is 5.32 Å². The van der Waals surface area contributed by atoms with Crippen molar-refractivity contribution in [2.45, 2.75) is 38.9 Å². The third kappa shape index (κ3) is 5.16. The van der Waals surface area contributed by atoms with Crippen LogP contribution in [0.25, 0.3) is 0 Å². The highest BCUT2D eigenvalue weighted by Gasteiger charge is 2.36. The summed E-state index contributed by atoms with van der Waals surface area (Å²) in [5.74, 6) is -0.219. The highest BCUT2D eigenvalue weighted by molar-refractivity contribution is 5.97. The number of nitrogens with zero attached hydrogens (tertiary/aromatic N) is 3. The molecule has 1 fully saturated rings. The fourth-order valence-electron chi connectivity index (χ4n) is 3.40. The van der Waals surface area contributed by atoms with Crippen LogP contribution in [0.2, 0.25) is 0 Å². The summed E-state index contributed by atoms with van der Waals surface area (Å²) >= 11 is 0. The number of nitrogens with one attached hydrogen (secondary N) is 1. The van der Waals surface area contributed by atoms with Crippen molar-refractivity contribution in [3.63, 3.8) is 0 Å². The summed E-state index contributed by atoms with van der Waals surface area (Å²) in [4.78, 5) is 34.2. The fraction of sp³-hybridized carbons (Fsp3) is 0.409. The van der Waals surface area contributed by atoms with E-state index in [4.69, 9.17) is 0 Å². The van der Waals surface area contributed by atoms with Crippen molar-refractivity contribution in [3.8, 4) is 0 Å². The summed E-state index contributed by atoms with van der Waals surface area (Å²) in [6.45, 7) is 8.28. The van der Waals surface area contributed by atoms with Crippen LogP contribution in [0, 0.1) is 0 Å². The Bertz CT molecular complexity index is 802. The first-order valence-corrected chi connectivity index (χ1v) is 9.63. The van der Waals surface area contributed by atoms with E-state index in [9.17, 15) is 9.59 Å². The average molecular weight is 380 g/mol. The smallest absolute Gasteiger partial charge is 0.254 e. The Labute approximate surface area is 166 Å². The quantitative estimate of drug-likeness (QED) is 0.884. The minimum Gasteiger partial charge on any atom is -0.350 e. The van der Waals surface area contributed by atoms with Crippen LogP contribution in [0.4, 0.5) is 0 Å². The topological polar surface area (TPSA) is 65.5 Å². The van der Waals surface area contributed by atoms with E-state index in [0.717, 1.165) is 5.56 Å². The van der Waals surface area contributed by atoms with Gasteiger partial charge in [0.15, 0.2) is 0 Å². The van der Waals surface area contributed by atoms with E-state index >= 15 is 0 Å². The lowest BCUT2D eigenvalue weighted by atomic mass is 10.0. The van der Waals surface area contributed by atoms with Crippen LogP contribution in [0.3, 0.4) is 0 Å². The molecule has 0 spiro atoms. The Hall–Kier alpha value is -2.73. The maximum atomic E-state index is 13.1. The Balaban J connectivity index is 1.79. The summed E-state index contributed by atoms with van der Waals surface area (Å²) in [5, 5.41) is 3.04. The molecule has 1 aliphatic rings. The zero-order valence-corrected chi connectivity index (χ0v) is 16.8. The van der Waals surface area contributed by atoms with Crippen molar-refractivity contribution in [2.24, 2.45) is 0 Å². The molecule has 3 rings (SSSR count). The molecule has 0 radical (unpaired) electrons. The molecular weight excluding hydrogens is 352 g/mol. The van der Waals surface area contributed by atoms with Crippen LogP contribution in [0.1, 0.15) is 36.7 Å². The number of hydrogen-bond donors (Lipinski definition) is 1. The molecule has 0 bridgehead atoms. The van der Waals surface area contributed by atoms with Crippen molar-refractivity contribution in [3.05, 3.63) is 66.0 Å². The maximum absolute atomic E-state index is 13.1. The number of pyridine rings is 1.